The molecule has 0 fully saturated rings. The summed E-state index contributed by atoms with van der Waals surface area (Å²) in [6.07, 6.45) is 1.63. The van der Waals surface area contributed by atoms with Crippen LogP contribution in [0.5, 0.6) is 0 Å². The molecule has 0 aliphatic heterocycles. The molecular weight excluding hydrogens is 132 g/mol. The van der Waals surface area contributed by atoms with Gasteiger partial charge in [-0.05, 0) is 0 Å². The minimum atomic E-state index is 0.188. The number of rotatable bonds is 1. The van der Waals surface area contributed by atoms with Crippen molar-refractivity contribution in [2.24, 2.45) is 23.7 Å². The molecule has 0 spiro atoms. The number of aryl methyl sites for hydroxylation is 1. The molecule has 0 aliphatic rings. The van der Waals surface area contributed by atoms with E-state index in [-0.39, 0.29) is 5.84 Å². The average Bonchev–Trinajstić information content (AvgIpc) is 2.34. The lowest BCUT2D eigenvalue weighted by molar-refractivity contribution is 0.714. The third-order valence-electron chi connectivity index (χ3n) is 1.00. The first-order valence-corrected chi connectivity index (χ1v) is 2.64. The van der Waals surface area contributed by atoms with E-state index in [0.717, 1.165) is 0 Å². The third-order valence-corrected chi connectivity index (χ3v) is 1.00. The summed E-state index contributed by atoms with van der Waals surface area (Å²) in [5.74, 6) is 5.09. The molecule has 6 heteroatoms. The molecule has 0 saturated carbocycles. The van der Waals surface area contributed by atoms with Crippen molar-refractivity contribution in [1.29, 1.82) is 0 Å². The van der Waals surface area contributed by atoms with E-state index >= 15 is 0 Å². The SMILES string of the molecule is Cn1cc(/C(N)=N/N)nn1. The first kappa shape index (κ1) is 6.53. The molecule has 10 heavy (non-hydrogen) atoms. The molecule has 0 atom stereocenters. The smallest absolute Gasteiger partial charge is 0.172 e. The molecule has 4 N–H and O–H groups in total. The lowest BCUT2D eigenvalue weighted by Crippen LogP contribution is -2.15. The third kappa shape index (κ3) is 1.04. The summed E-state index contributed by atoms with van der Waals surface area (Å²) >= 11 is 0. The fraction of sp³-hybridized carbons (Fsp3) is 0.250. The Balaban J connectivity index is 2.95. The Morgan fingerprint density at radius 3 is 2.90 bits per heavy atom. The van der Waals surface area contributed by atoms with Gasteiger partial charge in [0.15, 0.2) is 5.84 Å². The van der Waals surface area contributed by atoms with Gasteiger partial charge in [-0.1, -0.05) is 5.21 Å². The zero-order valence-corrected chi connectivity index (χ0v) is 5.52. The number of amidine groups is 1. The first-order valence-electron chi connectivity index (χ1n) is 2.64. The van der Waals surface area contributed by atoms with Gasteiger partial charge in [0.25, 0.3) is 0 Å². The Bertz CT molecular complexity index is 248. The van der Waals surface area contributed by atoms with Gasteiger partial charge in [-0.2, -0.15) is 5.10 Å². The average molecular weight is 140 g/mol. The fourth-order valence-electron chi connectivity index (χ4n) is 0.531. The molecule has 6 nitrogen and oxygen atoms in total. The number of hydrazone groups is 1. The summed E-state index contributed by atoms with van der Waals surface area (Å²) in [5, 5.41) is 10.6. The van der Waals surface area contributed by atoms with Gasteiger partial charge in [-0.3, -0.25) is 4.68 Å². The molecule has 0 aromatic carbocycles. The Hall–Kier alpha value is -1.59. The quantitative estimate of drug-likeness (QED) is 0.212. The number of nitrogens with two attached hydrogens (primary N) is 2. The normalized spacial score (nSPS) is 11.9. The molecule has 0 saturated heterocycles. The molecule has 0 amide bonds. The first-order chi connectivity index (χ1) is 4.74. The zero-order valence-electron chi connectivity index (χ0n) is 5.52. The van der Waals surface area contributed by atoms with Crippen molar-refractivity contribution in [1.82, 2.24) is 15.0 Å². The van der Waals surface area contributed by atoms with Crippen LogP contribution in [-0.4, -0.2) is 20.8 Å². The Morgan fingerprint density at radius 2 is 2.50 bits per heavy atom. The lowest BCUT2D eigenvalue weighted by Gasteiger charge is -1.86. The number of aromatic nitrogens is 3. The zero-order chi connectivity index (χ0) is 7.56. The second-order valence-corrected chi connectivity index (χ2v) is 1.79. The van der Waals surface area contributed by atoms with Crippen LogP contribution in [0.4, 0.5) is 0 Å². The number of hydrogen-bond donors (Lipinski definition) is 2. The minimum Gasteiger partial charge on any atom is -0.380 e. The number of hydrogen-bond acceptors (Lipinski definition) is 4. The standard InChI is InChI=1S/C4H8N6/c1-10-2-3(8-9-10)4(5)7-6/h2H,6H2,1H3,(H2,5,7). The van der Waals surface area contributed by atoms with Crippen LogP contribution in [-0.2, 0) is 7.05 Å². The van der Waals surface area contributed by atoms with E-state index in [1.54, 1.807) is 13.2 Å². The van der Waals surface area contributed by atoms with Gasteiger partial charge in [-0.25, -0.2) is 0 Å². The van der Waals surface area contributed by atoms with E-state index in [9.17, 15) is 0 Å². The van der Waals surface area contributed by atoms with Crippen LogP contribution in [0.3, 0.4) is 0 Å². The number of nitrogens with zero attached hydrogens (tertiary/aromatic N) is 4. The van der Waals surface area contributed by atoms with Crippen LogP contribution in [0.25, 0.3) is 0 Å². The van der Waals surface area contributed by atoms with Crippen LogP contribution in [0.15, 0.2) is 11.3 Å². The van der Waals surface area contributed by atoms with E-state index in [1.807, 2.05) is 0 Å². The van der Waals surface area contributed by atoms with Gasteiger partial charge in [-0.15, -0.1) is 5.10 Å². The molecule has 0 unspecified atom stereocenters. The highest BCUT2D eigenvalue weighted by molar-refractivity contribution is 5.94. The van der Waals surface area contributed by atoms with E-state index in [4.69, 9.17) is 11.6 Å². The molecule has 0 bridgehead atoms. The molecule has 1 rings (SSSR count). The maximum atomic E-state index is 5.32. The lowest BCUT2D eigenvalue weighted by atomic mass is 10.4. The maximum absolute atomic E-state index is 5.32. The maximum Gasteiger partial charge on any atom is 0.172 e. The van der Waals surface area contributed by atoms with E-state index in [2.05, 4.69) is 15.4 Å². The predicted octanol–water partition coefficient (Wildman–Crippen LogP) is -1.61. The predicted molar refractivity (Wildman–Crippen MR) is 35.9 cm³/mol. The van der Waals surface area contributed by atoms with Crippen molar-refractivity contribution >= 4 is 5.84 Å². The summed E-state index contributed by atoms with van der Waals surface area (Å²) < 4.78 is 1.52. The van der Waals surface area contributed by atoms with Gasteiger partial charge in [0, 0.05) is 7.05 Å². The largest absolute Gasteiger partial charge is 0.380 e. The summed E-state index contributed by atoms with van der Waals surface area (Å²) in [6, 6.07) is 0. The van der Waals surface area contributed by atoms with E-state index in [0.29, 0.717) is 5.69 Å². The highest BCUT2D eigenvalue weighted by Crippen LogP contribution is 1.87. The second kappa shape index (κ2) is 2.34. The molecule has 1 aromatic rings. The van der Waals surface area contributed by atoms with Crippen LogP contribution >= 0.6 is 0 Å². The monoisotopic (exact) mass is 140 g/mol. The highest BCUT2D eigenvalue weighted by Gasteiger charge is 2.00. The topological polar surface area (TPSA) is 95.1 Å². The molecule has 1 heterocycles. The van der Waals surface area contributed by atoms with Crippen molar-refractivity contribution in [2.75, 3.05) is 0 Å². The Kier molecular flexibility index (Phi) is 1.53. The van der Waals surface area contributed by atoms with Crippen LogP contribution in [0.1, 0.15) is 5.69 Å². The van der Waals surface area contributed by atoms with Crippen molar-refractivity contribution < 1.29 is 0 Å². The van der Waals surface area contributed by atoms with Crippen molar-refractivity contribution in [2.45, 2.75) is 0 Å². The highest BCUT2D eigenvalue weighted by atomic mass is 15.4. The van der Waals surface area contributed by atoms with Crippen molar-refractivity contribution in [3.63, 3.8) is 0 Å². The minimum absolute atomic E-state index is 0.188. The molecule has 0 radical (unpaired) electrons. The van der Waals surface area contributed by atoms with Crippen molar-refractivity contribution in [3.8, 4) is 0 Å². The molecule has 54 valence electrons. The van der Waals surface area contributed by atoms with Crippen LogP contribution in [0, 0.1) is 0 Å². The Labute approximate surface area is 57.5 Å². The molecule has 1 aromatic heterocycles. The van der Waals surface area contributed by atoms with Gasteiger partial charge >= 0.3 is 0 Å². The van der Waals surface area contributed by atoms with Gasteiger partial charge in [0.2, 0.25) is 0 Å². The summed E-state index contributed by atoms with van der Waals surface area (Å²) in [4.78, 5) is 0. The summed E-state index contributed by atoms with van der Waals surface area (Å²) in [7, 11) is 1.74. The van der Waals surface area contributed by atoms with Crippen molar-refractivity contribution in [3.05, 3.63) is 11.9 Å². The summed E-state index contributed by atoms with van der Waals surface area (Å²) in [6.45, 7) is 0. The van der Waals surface area contributed by atoms with Gasteiger partial charge in [0.05, 0.1) is 6.20 Å². The molecular formula is C4H8N6. The second-order valence-electron chi connectivity index (χ2n) is 1.79. The fourth-order valence-corrected chi connectivity index (χ4v) is 0.531. The Morgan fingerprint density at radius 1 is 1.80 bits per heavy atom. The molecule has 0 aliphatic carbocycles. The van der Waals surface area contributed by atoms with E-state index < -0.39 is 0 Å². The van der Waals surface area contributed by atoms with Crippen LogP contribution < -0.4 is 11.6 Å². The van der Waals surface area contributed by atoms with Crippen LogP contribution in [0.2, 0.25) is 0 Å². The van der Waals surface area contributed by atoms with E-state index in [1.165, 1.54) is 4.68 Å². The van der Waals surface area contributed by atoms with Gasteiger partial charge in [0.1, 0.15) is 5.69 Å². The van der Waals surface area contributed by atoms with Gasteiger partial charge < -0.3 is 11.6 Å². The summed E-state index contributed by atoms with van der Waals surface area (Å²) in [5.41, 5.74) is 5.81.